The summed E-state index contributed by atoms with van der Waals surface area (Å²) in [7, 11) is 0. The van der Waals surface area contributed by atoms with Gasteiger partial charge in [0.25, 0.3) is 0 Å². The number of hydrogen-bond donors (Lipinski definition) is 0. The lowest BCUT2D eigenvalue weighted by atomic mass is 9.90. The lowest BCUT2D eigenvalue weighted by Gasteiger charge is -2.18. The van der Waals surface area contributed by atoms with Crippen molar-refractivity contribution >= 4 is 5.91 Å². The third-order valence-corrected chi connectivity index (χ3v) is 3.70. The summed E-state index contributed by atoms with van der Waals surface area (Å²) < 4.78 is 0. The average Bonchev–Trinajstić information content (AvgIpc) is 2.72. The van der Waals surface area contributed by atoms with E-state index in [1.165, 1.54) is 25.3 Å². The second-order valence-corrected chi connectivity index (χ2v) is 4.63. The van der Waals surface area contributed by atoms with Crippen molar-refractivity contribution in [3.63, 3.8) is 0 Å². The molecule has 72 valence electrons. The standard InChI is InChI=1S/C11H17NO/c1-3-10(13)12-7-4-9(8-12)11(2)5-6-11/h3,9H,1,4-8H2,2H3. The first-order valence-corrected chi connectivity index (χ1v) is 5.07. The van der Waals surface area contributed by atoms with E-state index in [0.29, 0.717) is 5.41 Å². The van der Waals surface area contributed by atoms with Crippen LogP contribution in [-0.2, 0) is 4.79 Å². The zero-order valence-electron chi connectivity index (χ0n) is 8.25. The molecule has 1 amide bonds. The van der Waals surface area contributed by atoms with E-state index < -0.39 is 0 Å². The number of nitrogens with zero attached hydrogens (tertiary/aromatic N) is 1. The van der Waals surface area contributed by atoms with Gasteiger partial charge in [-0.05, 0) is 36.7 Å². The van der Waals surface area contributed by atoms with Crippen molar-refractivity contribution in [2.24, 2.45) is 11.3 Å². The molecule has 1 aliphatic heterocycles. The lowest BCUT2D eigenvalue weighted by Crippen LogP contribution is -2.27. The summed E-state index contributed by atoms with van der Waals surface area (Å²) in [4.78, 5) is 13.2. The number of hydrogen-bond acceptors (Lipinski definition) is 1. The van der Waals surface area contributed by atoms with Gasteiger partial charge in [0, 0.05) is 13.1 Å². The second-order valence-electron chi connectivity index (χ2n) is 4.63. The molecule has 0 N–H and O–H groups in total. The summed E-state index contributed by atoms with van der Waals surface area (Å²) in [6.45, 7) is 7.76. The van der Waals surface area contributed by atoms with E-state index in [1.807, 2.05) is 4.90 Å². The normalized spacial score (nSPS) is 30.2. The molecule has 2 heteroatoms. The molecule has 0 spiro atoms. The topological polar surface area (TPSA) is 20.3 Å². The van der Waals surface area contributed by atoms with Crippen molar-refractivity contribution in [1.29, 1.82) is 0 Å². The molecule has 1 unspecified atom stereocenters. The van der Waals surface area contributed by atoms with Gasteiger partial charge in [0.1, 0.15) is 0 Å². The Morgan fingerprint density at radius 1 is 1.62 bits per heavy atom. The van der Waals surface area contributed by atoms with Gasteiger partial charge in [-0.25, -0.2) is 0 Å². The molecule has 0 radical (unpaired) electrons. The number of carbonyl (C=O) groups is 1. The number of likely N-dealkylation sites (tertiary alicyclic amines) is 1. The van der Waals surface area contributed by atoms with Gasteiger partial charge in [0.05, 0.1) is 0 Å². The predicted octanol–water partition coefficient (Wildman–Crippen LogP) is 1.82. The molecule has 1 saturated heterocycles. The Morgan fingerprint density at radius 3 is 2.85 bits per heavy atom. The van der Waals surface area contributed by atoms with E-state index in [1.54, 1.807) is 0 Å². The maximum Gasteiger partial charge on any atom is 0.245 e. The van der Waals surface area contributed by atoms with Gasteiger partial charge < -0.3 is 4.90 Å². The predicted molar refractivity (Wildman–Crippen MR) is 52.2 cm³/mol. The molecular weight excluding hydrogens is 162 g/mol. The third-order valence-electron chi connectivity index (χ3n) is 3.70. The largest absolute Gasteiger partial charge is 0.339 e. The van der Waals surface area contributed by atoms with Crippen molar-refractivity contribution in [1.82, 2.24) is 4.90 Å². The summed E-state index contributed by atoms with van der Waals surface area (Å²) in [5.41, 5.74) is 0.566. The molecule has 1 saturated carbocycles. The first-order valence-electron chi connectivity index (χ1n) is 5.07. The first-order chi connectivity index (χ1) is 6.15. The average molecular weight is 179 g/mol. The molecule has 2 rings (SSSR count). The van der Waals surface area contributed by atoms with Crippen LogP contribution in [0.3, 0.4) is 0 Å². The fourth-order valence-electron chi connectivity index (χ4n) is 2.26. The van der Waals surface area contributed by atoms with Gasteiger partial charge in [-0.15, -0.1) is 0 Å². The van der Waals surface area contributed by atoms with Crippen LogP contribution in [0, 0.1) is 11.3 Å². The molecule has 2 fully saturated rings. The summed E-state index contributed by atoms with van der Waals surface area (Å²) in [5, 5.41) is 0. The second kappa shape index (κ2) is 2.86. The number of rotatable bonds is 2. The maximum atomic E-state index is 11.3. The summed E-state index contributed by atoms with van der Waals surface area (Å²) in [6, 6.07) is 0. The van der Waals surface area contributed by atoms with Gasteiger partial charge in [0.2, 0.25) is 5.91 Å². The van der Waals surface area contributed by atoms with Crippen LogP contribution in [0.2, 0.25) is 0 Å². The number of carbonyl (C=O) groups excluding carboxylic acids is 1. The van der Waals surface area contributed by atoms with Gasteiger partial charge in [-0.3, -0.25) is 4.79 Å². The molecule has 0 aromatic heterocycles. The molecular formula is C11H17NO. The Balaban J connectivity index is 1.94. The van der Waals surface area contributed by atoms with Crippen molar-refractivity contribution in [3.05, 3.63) is 12.7 Å². The van der Waals surface area contributed by atoms with E-state index >= 15 is 0 Å². The number of amides is 1. The molecule has 13 heavy (non-hydrogen) atoms. The summed E-state index contributed by atoms with van der Waals surface area (Å²) >= 11 is 0. The Kier molecular flexibility index (Phi) is 1.94. The van der Waals surface area contributed by atoms with Gasteiger partial charge in [-0.1, -0.05) is 13.5 Å². The minimum atomic E-state index is 0.103. The van der Waals surface area contributed by atoms with Crippen molar-refractivity contribution in [2.45, 2.75) is 26.2 Å². The zero-order valence-corrected chi connectivity index (χ0v) is 8.25. The highest BCUT2D eigenvalue weighted by molar-refractivity contribution is 5.87. The highest BCUT2D eigenvalue weighted by Gasteiger charge is 2.47. The van der Waals surface area contributed by atoms with Crippen LogP contribution in [0.1, 0.15) is 26.2 Å². The molecule has 0 bridgehead atoms. The van der Waals surface area contributed by atoms with Gasteiger partial charge in [0.15, 0.2) is 0 Å². The monoisotopic (exact) mass is 179 g/mol. The Bertz CT molecular complexity index is 242. The van der Waals surface area contributed by atoms with E-state index in [0.717, 1.165) is 19.0 Å². The van der Waals surface area contributed by atoms with E-state index in [9.17, 15) is 4.79 Å². The van der Waals surface area contributed by atoms with E-state index in [2.05, 4.69) is 13.5 Å². The quantitative estimate of drug-likeness (QED) is 0.592. The molecule has 2 nitrogen and oxygen atoms in total. The minimum absolute atomic E-state index is 0.103. The third kappa shape index (κ3) is 1.50. The highest BCUT2D eigenvalue weighted by Crippen LogP contribution is 2.54. The molecule has 1 aliphatic carbocycles. The van der Waals surface area contributed by atoms with Crippen LogP contribution < -0.4 is 0 Å². The Morgan fingerprint density at radius 2 is 2.31 bits per heavy atom. The fourth-order valence-corrected chi connectivity index (χ4v) is 2.26. The van der Waals surface area contributed by atoms with E-state index in [4.69, 9.17) is 0 Å². The maximum absolute atomic E-state index is 11.3. The fraction of sp³-hybridized carbons (Fsp3) is 0.727. The molecule has 2 aliphatic rings. The van der Waals surface area contributed by atoms with Crippen molar-refractivity contribution in [2.75, 3.05) is 13.1 Å². The lowest BCUT2D eigenvalue weighted by molar-refractivity contribution is -0.125. The van der Waals surface area contributed by atoms with Crippen LogP contribution in [0.25, 0.3) is 0 Å². The SMILES string of the molecule is C=CC(=O)N1CCC(C2(C)CC2)C1. The van der Waals surface area contributed by atoms with Crippen LogP contribution in [-0.4, -0.2) is 23.9 Å². The summed E-state index contributed by atoms with van der Waals surface area (Å²) in [6.07, 6.45) is 5.33. The highest BCUT2D eigenvalue weighted by atomic mass is 16.2. The van der Waals surface area contributed by atoms with Crippen molar-refractivity contribution < 1.29 is 4.79 Å². The van der Waals surface area contributed by atoms with Crippen LogP contribution in [0.4, 0.5) is 0 Å². The molecule has 1 atom stereocenters. The zero-order chi connectivity index (χ0) is 9.47. The van der Waals surface area contributed by atoms with Crippen LogP contribution in [0.15, 0.2) is 12.7 Å². The first kappa shape index (κ1) is 8.79. The Labute approximate surface area is 79.6 Å². The molecule has 1 heterocycles. The molecule has 0 aromatic carbocycles. The van der Waals surface area contributed by atoms with Gasteiger partial charge >= 0.3 is 0 Å². The molecule has 0 aromatic rings. The van der Waals surface area contributed by atoms with Crippen molar-refractivity contribution in [3.8, 4) is 0 Å². The van der Waals surface area contributed by atoms with Gasteiger partial charge in [-0.2, -0.15) is 0 Å². The minimum Gasteiger partial charge on any atom is -0.339 e. The summed E-state index contributed by atoms with van der Waals surface area (Å²) in [5.74, 6) is 0.850. The van der Waals surface area contributed by atoms with Crippen LogP contribution >= 0.6 is 0 Å². The van der Waals surface area contributed by atoms with Crippen LogP contribution in [0.5, 0.6) is 0 Å². The smallest absolute Gasteiger partial charge is 0.245 e. The Hall–Kier alpha value is -0.790. The van der Waals surface area contributed by atoms with E-state index in [-0.39, 0.29) is 5.91 Å².